The Morgan fingerprint density at radius 3 is 2.77 bits per heavy atom. The van der Waals surface area contributed by atoms with E-state index in [0.717, 1.165) is 40.2 Å². The number of nitrogens with zero attached hydrogens (tertiary/aromatic N) is 7. The molecule has 0 aliphatic carbocycles. The molecule has 5 heterocycles. The molecular weight excluding hydrogens is 528 g/mol. The molecular formula is C29H29ClN8O2. The second-order valence-corrected chi connectivity index (χ2v) is 10.7. The van der Waals surface area contributed by atoms with Gasteiger partial charge in [-0.3, -0.25) is 19.3 Å². The molecule has 11 heteroatoms. The smallest absolute Gasteiger partial charge is 0.247 e. The first-order chi connectivity index (χ1) is 19.4. The topological polar surface area (TPSA) is 111 Å². The van der Waals surface area contributed by atoms with Crippen molar-refractivity contribution in [3.63, 3.8) is 0 Å². The predicted molar refractivity (Wildman–Crippen MR) is 152 cm³/mol. The Morgan fingerprint density at radius 2 is 1.98 bits per heavy atom. The van der Waals surface area contributed by atoms with Gasteiger partial charge in [0.15, 0.2) is 0 Å². The molecule has 0 radical (unpaired) electrons. The molecule has 1 N–H and O–H groups in total. The fourth-order valence-electron chi connectivity index (χ4n) is 5.60. The van der Waals surface area contributed by atoms with Gasteiger partial charge >= 0.3 is 0 Å². The van der Waals surface area contributed by atoms with Crippen LogP contribution >= 0.6 is 11.6 Å². The van der Waals surface area contributed by atoms with E-state index in [1.807, 2.05) is 43.1 Å². The molecule has 204 valence electrons. The van der Waals surface area contributed by atoms with Gasteiger partial charge < -0.3 is 10.2 Å². The van der Waals surface area contributed by atoms with Gasteiger partial charge in [-0.25, -0.2) is 4.68 Å². The second-order valence-electron chi connectivity index (χ2n) is 10.3. The summed E-state index contributed by atoms with van der Waals surface area (Å²) in [6.45, 7) is 2.46. The largest absolute Gasteiger partial charge is 0.330 e. The van der Waals surface area contributed by atoms with Gasteiger partial charge in [-0.1, -0.05) is 30.2 Å². The lowest BCUT2D eigenvalue weighted by Crippen LogP contribution is -2.38. The number of hydrogen-bond donors (Lipinski definition) is 1. The number of amides is 2. The summed E-state index contributed by atoms with van der Waals surface area (Å²) in [6.07, 6.45) is 11.3. The lowest BCUT2D eigenvalue weighted by molar-refractivity contribution is -0.129. The third kappa shape index (κ3) is 4.90. The molecule has 40 heavy (non-hydrogen) atoms. The van der Waals surface area contributed by atoms with Crippen molar-refractivity contribution in [3.8, 4) is 16.9 Å². The van der Waals surface area contributed by atoms with Crippen molar-refractivity contribution < 1.29 is 9.59 Å². The van der Waals surface area contributed by atoms with Gasteiger partial charge in [0.2, 0.25) is 11.8 Å². The minimum absolute atomic E-state index is 0.0352. The van der Waals surface area contributed by atoms with Crippen molar-refractivity contribution in [2.45, 2.75) is 38.6 Å². The summed E-state index contributed by atoms with van der Waals surface area (Å²) in [5.74, 6) is -0.296. The van der Waals surface area contributed by atoms with Gasteiger partial charge in [-0.2, -0.15) is 5.10 Å². The summed E-state index contributed by atoms with van der Waals surface area (Å²) in [4.78, 5) is 33.3. The van der Waals surface area contributed by atoms with Crippen LogP contribution in [-0.2, 0) is 16.6 Å². The molecule has 4 aromatic rings. The van der Waals surface area contributed by atoms with E-state index in [1.165, 1.54) is 0 Å². The molecule has 2 aliphatic rings. The van der Waals surface area contributed by atoms with E-state index in [9.17, 15) is 9.59 Å². The molecule has 1 aromatic carbocycles. The average Bonchev–Trinajstić information content (AvgIpc) is 3.61. The number of fused-ring (bicyclic) bond motifs is 4. The van der Waals surface area contributed by atoms with Crippen LogP contribution < -0.4 is 5.32 Å². The van der Waals surface area contributed by atoms with E-state index in [2.05, 4.69) is 20.7 Å². The van der Waals surface area contributed by atoms with Gasteiger partial charge in [-0.05, 0) is 55.2 Å². The zero-order valence-corrected chi connectivity index (χ0v) is 23.0. The molecule has 0 spiro atoms. The SMILES string of the molecule is CC1CCC[C@H](N2CCC(c3cc(Cl)ccc3-n3ccnn3)=CC2=O)c2cc(ccn2)-c2c(cnn2C)NC1=O. The summed E-state index contributed by atoms with van der Waals surface area (Å²) in [5, 5.41) is 16.1. The van der Waals surface area contributed by atoms with Gasteiger partial charge in [0.25, 0.3) is 0 Å². The minimum atomic E-state index is -0.231. The fraction of sp³-hybridized carbons (Fsp3) is 0.310. The quantitative estimate of drug-likeness (QED) is 0.387. The van der Waals surface area contributed by atoms with Gasteiger partial charge in [0.05, 0.1) is 47.4 Å². The number of benzene rings is 1. The normalized spacial score (nSPS) is 19.8. The van der Waals surface area contributed by atoms with Crippen LogP contribution in [-0.4, -0.2) is 53.0 Å². The van der Waals surface area contributed by atoms with E-state index in [1.54, 1.807) is 46.3 Å². The van der Waals surface area contributed by atoms with Crippen LogP contribution in [0.2, 0.25) is 5.02 Å². The van der Waals surface area contributed by atoms with Crippen LogP contribution in [0.3, 0.4) is 0 Å². The number of carbonyl (C=O) groups excluding carboxylic acids is 2. The molecule has 2 atom stereocenters. The Hall–Kier alpha value is -4.31. The number of rotatable bonds is 3. The van der Waals surface area contributed by atoms with E-state index in [-0.39, 0.29) is 23.8 Å². The summed E-state index contributed by atoms with van der Waals surface area (Å²) in [5.41, 5.74) is 5.74. The predicted octanol–water partition coefficient (Wildman–Crippen LogP) is 4.83. The Balaban J connectivity index is 1.36. The molecule has 2 aliphatic heterocycles. The molecule has 0 saturated heterocycles. The van der Waals surface area contributed by atoms with Crippen molar-refractivity contribution >= 4 is 34.7 Å². The molecule has 6 rings (SSSR count). The van der Waals surface area contributed by atoms with Crippen molar-refractivity contribution in [3.05, 3.63) is 77.5 Å². The second kappa shape index (κ2) is 10.7. The molecule has 0 saturated carbocycles. The van der Waals surface area contributed by atoms with Crippen LogP contribution in [0, 0.1) is 5.92 Å². The molecule has 2 amide bonds. The summed E-state index contributed by atoms with van der Waals surface area (Å²) in [6, 6.07) is 9.24. The number of halogens is 1. The van der Waals surface area contributed by atoms with Gasteiger partial charge in [0, 0.05) is 47.9 Å². The fourth-order valence-corrected chi connectivity index (χ4v) is 5.77. The number of aryl methyl sites for hydroxylation is 1. The molecule has 3 aromatic heterocycles. The Kier molecular flexibility index (Phi) is 6.93. The number of hydrogen-bond acceptors (Lipinski definition) is 6. The Morgan fingerprint density at radius 1 is 1.10 bits per heavy atom. The highest BCUT2D eigenvalue weighted by atomic mass is 35.5. The first-order valence-corrected chi connectivity index (χ1v) is 13.7. The van der Waals surface area contributed by atoms with Gasteiger partial charge in [0.1, 0.15) is 0 Å². The molecule has 10 nitrogen and oxygen atoms in total. The van der Waals surface area contributed by atoms with Crippen molar-refractivity contribution in [2.75, 3.05) is 11.9 Å². The zero-order valence-electron chi connectivity index (χ0n) is 22.3. The first-order valence-electron chi connectivity index (χ1n) is 13.4. The Bertz CT molecular complexity index is 1610. The number of carbonyl (C=O) groups is 2. The maximum Gasteiger partial charge on any atom is 0.247 e. The monoisotopic (exact) mass is 556 g/mol. The highest BCUT2D eigenvalue weighted by Crippen LogP contribution is 2.37. The van der Waals surface area contributed by atoms with Gasteiger partial charge in [-0.15, -0.1) is 5.10 Å². The third-order valence-electron chi connectivity index (χ3n) is 7.71. The van der Waals surface area contributed by atoms with Crippen LogP contribution in [0.5, 0.6) is 0 Å². The first kappa shape index (κ1) is 25.9. The van der Waals surface area contributed by atoms with Crippen molar-refractivity contribution in [1.82, 2.24) is 34.7 Å². The summed E-state index contributed by atoms with van der Waals surface area (Å²) >= 11 is 6.36. The molecule has 2 bridgehead atoms. The number of nitrogens with one attached hydrogen (secondary N) is 1. The van der Waals surface area contributed by atoms with Crippen molar-refractivity contribution in [1.29, 1.82) is 0 Å². The van der Waals surface area contributed by atoms with E-state index in [0.29, 0.717) is 36.5 Å². The summed E-state index contributed by atoms with van der Waals surface area (Å²) in [7, 11) is 1.85. The highest BCUT2D eigenvalue weighted by molar-refractivity contribution is 6.30. The standard InChI is InChI=1S/C29H29ClN8O2/c1-18-4-3-5-26(23-14-20(8-10-31-23)28-24(34-29(18)40)17-33-36(28)2)37-12-9-19(15-27(37)39)22-16-21(30)6-7-25(22)38-13-11-32-35-38/h6-8,10-11,13-18,26H,3-5,9,12H2,1-2H3,(H,34,40)/t18?,26-/m0/s1. The molecule has 1 unspecified atom stereocenters. The maximum absolute atomic E-state index is 13.7. The maximum atomic E-state index is 13.7. The number of pyridine rings is 1. The zero-order chi connectivity index (χ0) is 27.8. The van der Waals surface area contributed by atoms with E-state index >= 15 is 0 Å². The van der Waals surface area contributed by atoms with Crippen LogP contribution in [0.25, 0.3) is 22.5 Å². The lowest BCUT2D eigenvalue weighted by atomic mass is 9.93. The number of anilines is 1. The van der Waals surface area contributed by atoms with Crippen LogP contribution in [0.15, 0.2) is 61.2 Å². The highest BCUT2D eigenvalue weighted by Gasteiger charge is 2.31. The summed E-state index contributed by atoms with van der Waals surface area (Å²) < 4.78 is 3.43. The average molecular weight is 557 g/mol. The lowest BCUT2D eigenvalue weighted by Gasteiger charge is -2.34. The molecule has 0 fully saturated rings. The number of aromatic nitrogens is 6. The third-order valence-corrected chi connectivity index (χ3v) is 7.94. The van der Waals surface area contributed by atoms with Crippen molar-refractivity contribution in [2.24, 2.45) is 13.0 Å². The van der Waals surface area contributed by atoms with Crippen LogP contribution in [0.4, 0.5) is 5.69 Å². The Labute approximate surface area is 236 Å². The van der Waals surface area contributed by atoms with E-state index in [4.69, 9.17) is 16.6 Å². The van der Waals surface area contributed by atoms with Crippen LogP contribution in [0.1, 0.15) is 49.9 Å². The van der Waals surface area contributed by atoms with E-state index < -0.39 is 0 Å². The minimum Gasteiger partial charge on any atom is -0.330 e.